The highest BCUT2D eigenvalue weighted by Crippen LogP contribution is 2.37. The number of ether oxygens (including phenoxy) is 2. The molecule has 0 amide bonds. The molecule has 122 valence electrons. The van der Waals surface area contributed by atoms with Crippen molar-refractivity contribution in [1.82, 2.24) is 5.32 Å². The van der Waals surface area contributed by atoms with Crippen molar-refractivity contribution in [3.8, 4) is 11.5 Å². The molecule has 2 aromatic carbocycles. The van der Waals surface area contributed by atoms with Crippen LogP contribution in [-0.4, -0.2) is 13.2 Å². The molecular weight excluding hydrogens is 361 g/mol. The van der Waals surface area contributed by atoms with Crippen molar-refractivity contribution in [2.75, 3.05) is 7.11 Å². The van der Waals surface area contributed by atoms with E-state index in [1.165, 1.54) is 18.9 Å². The summed E-state index contributed by atoms with van der Waals surface area (Å²) in [6.45, 7) is 0.852. The van der Waals surface area contributed by atoms with Gasteiger partial charge in [-0.15, -0.1) is 0 Å². The fourth-order valence-corrected chi connectivity index (χ4v) is 2.82. The summed E-state index contributed by atoms with van der Waals surface area (Å²) in [7, 11) is 1.61. The lowest BCUT2D eigenvalue weighted by atomic mass is 10.1. The van der Waals surface area contributed by atoms with Crippen molar-refractivity contribution < 1.29 is 13.9 Å². The van der Waals surface area contributed by atoms with Crippen LogP contribution in [0.4, 0.5) is 4.39 Å². The van der Waals surface area contributed by atoms with E-state index in [-0.39, 0.29) is 12.4 Å². The third-order valence-corrected chi connectivity index (χ3v) is 4.60. The average molecular weight is 380 g/mol. The number of halogens is 2. The van der Waals surface area contributed by atoms with Gasteiger partial charge in [0.2, 0.25) is 0 Å². The number of hydrogen-bond acceptors (Lipinski definition) is 3. The Labute approximate surface area is 143 Å². The lowest BCUT2D eigenvalue weighted by molar-refractivity contribution is 0.275. The number of benzene rings is 2. The van der Waals surface area contributed by atoms with E-state index in [1.807, 2.05) is 12.1 Å². The van der Waals surface area contributed by atoms with Gasteiger partial charge in [0, 0.05) is 28.2 Å². The van der Waals surface area contributed by atoms with Gasteiger partial charge < -0.3 is 14.8 Å². The highest BCUT2D eigenvalue weighted by molar-refractivity contribution is 9.10. The van der Waals surface area contributed by atoms with E-state index in [4.69, 9.17) is 9.47 Å². The van der Waals surface area contributed by atoms with Crippen LogP contribution in [0.5, 0.6) is 11.5 Å². The lowest BCUT2D eigenvalue weighted by Crippen LogP contribution is -2.17. The summed E-state index contributed by atoms with van der Waals surface area (Å²) in [4.78, 5) is 0. The van der Waals surface area contributed by atoms with Gasteiger partial charge in [0.05, 0.1) is 7.11 Å². The highest BCUT2D eigenvalue weighted by Gasteiger charge is 2.22. The Bertz CT molecular complexity index is 689. The summed E-state index contributed by atoms with van der Waals surface area (Å²) in [5.74, 6) is 1.04. The first-order valence-corrected chi connectivity index (χ1v) is 8.43. The average Bonchev–Trinajstić information content (AvgIpc) is 3.37. The van der Waals surface area contributed by atoms with E-state index in [2.05, 4.69) is 21.2 Å². The van der Waals surface area contributed by atoms with Gasteiger partial charge in [0.25, 0.3) is 0 Å². The molecule has 3 nitrogen and oxygen atoms in total. The fraction of sp³-hybridized carbons (Fsp3) is 0.333. The second-order valence-corrected chi connectivity index (χ2v) is 6.45. The van der Waals surface area contributed by atoms with Crippen LogP contribution >= 0.6 is 15.9 Å². The summed E-state index contributed by atoms with van der Waals surface area (Å²) in [5.41, 5.74) is 1.52. The summed E-state index contributed by atoms with van der Waals surface area (Å²) in [6.07, 6.45) is 2.43. The zero-order valence-corrected chi connectivity index (χ0v) is 14.5. The molecule has 0 aromatic heterocycles. The Morgan fingerprint density at radius 2 is 2.00 bits per heavy atom. The molecule has 0 aliphatic heterocycles. The lowest BCUT2D eigenvalue weighted by Gasteiger charge is -2.17. The van der Waals surface area contributed by atoms with E-state index in [0.717, 1.165) is 10.0 Å². The fourth-order valence-electron chi connectivity index (χ4n) is 2.37. The minimum Gasteiger partial charge on any atom is -0.493 e. The minimum absolute atomic E-state index is 0.163. The molecule has 0 saturated heterocycles. The number of methoxy groups -OCH3 is 1. The Kier molecular flexibility index (Phi) is 5.18. The van der Waals surface area contributed by atoms with Gasteiger partial charge in [-0.05, 0) is 31.0 Å². The smallest absolute Gasteiger partial charge is 0.167 e. The van der Waals surface area contributed by atoms with Crippen molar-refractivity contribution in [1.29, 1.82) is 0 Å². The van der Waals surface area contributed by atoms with Crippen LogP contribution < -0.4 is 14.8 Å². The third kappa shape index (κ3) is 4.03. The van der Waals surface area contributed by atoms with Gasteiger partial charge in [-0.25, -0.2) is 4.39 Å². The van der Waals surface area contributed by atoms with Crippen molar-refractivity contribution >= 4 is 15.9 Å². The van der Waals surface area contributed by atoms with Crippen LogP contribution in [0.2, 0.25) is 0 Å². The van der Waals surface area contributed by atoms with Gasteiger partial charge in [-0.1, -0.05) is 34.1 Å². The molecule has 0 atom stereocenters. The number of hydrogen-bond donors (Lipinski definition) is 1. The molecular formula is C18H19BrFNO2. The Morgan fingerprint density at radius 3 is 2.70 bits per heavy atom. The maximum absolute atomic E-state index is 13.8. The molecule has 0 spiro atoms. The van der Waals surface area contributed by atoms with Crippen LogP contribution in [0.25, 0.3) is 0 Å². The molecule has 1 saturated carbocycles. The SMILES string of the molecule is COc1ccc(Br)c(CNC2CC2)c1OCc1ccccc1F. The molecule has 1 aliphatic carbocycles. The topological polar surface area (TPSA) is 30.5 Å². The van der Waals surface area contributed by atoms with E-state index >= 15 is 0 Å². The summed E-state index contributed by atoms with van der Waals surface area (Å²) in [5, 5.41) is 3.48. The molecule has 23 heavy (non-hydrogen) atoms. The predicted octanol–water partition coefficient (Wildman–Crippen LogP) is 4.43. The van der Waals surface area contributed by atoms with Crippen molar-refractivity contribution in [2.45, 2.75) is 32.0 Å². The number of rotatable bonds is 7. The molecule has 1 aliphatic rings. The first-order chi connectivity index (χ1) is 11.2. The molecule has 2 aromatic rings. The van der Waals surface area contributed by atoms with E-state index in [0.29, 0.717) is 29.6 Å². The largest absolute Gasteiger partial charge is 0.493 e. The standard InChI is InChI=1S/C18H19BrFNO2/c1-22-17-9-8-15(19)14(10-21-13-6-7-13)18(17)23-11-12-4-2-3-5-16(12)20/h2-5,8-9,13,21H,6-7,10-11H2,1H3. The van der Waals surface area contributed by atoms with Gasteiger partial charge in [0.15, 0.2) is 11.5 Å². The molecule has 3 rings (SSSR count). The zero-order chi connectivity index (χ0) is 16.2. The second-order valence-electron chi connectivity index (χ2n) is 5.59. The van der Waals surface area contributed by atoms with Crippen LogP contribution in [0.1, 0.15) is 24.0 Å². The molecule has 0 bridgehead atoms. The van der Waals surface area contributed by atoms with Gasteiger partial charge in [-0.2, -0.15) is 0 Å². The van der Waals surface area contributed by atoms with Crippen LogP contribution in [-0.2, 0) is 13.2 Å². The quantitative estimate of drug-likeness (QED) is 0.771. The maximum Gasteiger partial charge on any atom is 0.167 e. The van der Waals surface area contributed by atoms with Crippen molar-refractivity contribution in [3.05, 3.63) is 57.8 Å². The molecule has 0 radical (unpaired) electrons. The Hall–Kier alpha value is -1.59. The normalized spacial score (nSPS) is 13.9. The number of nitrogens with one attached hydrogen (secondary N) is 1. The monoisotopic (exact) mass is 379 g/mol. The van der Waals surface area contributed by atoms with E-state index in [1.54, 1.807) is 25.3 Å². The van der Waals surface area contributed by atoms with Gasteiger partial charge in [0.1, 0.15) is 12.4 Å². The predicted molar refractivity (Wildman–Crippen MR) is 91.3 cm³/mol. The van der Waals surface area contributed by atoms with E-state index < -0.39 is 0 Å². The highest BCUT2D eigenvalue weighted by atomic mass is 79.9. The molecule has 5 heteroatoms. The zero-order valence-electron chi connectivity index (χ0n) is 12.9. The maximum atomic E-state index is 13.8. The van der Waals surface area contributed by atoms with Crippen LogP contribution in [0.15, 0.2) is 40.9 Å². The minimum atomic E-state index is -0.265. The Balaban J connectivity index is 1.82. The first kappa shape index (κ1) is 16.3. The van der Waals surface area contributed by atoms with Crippen LogP contribution in [0.3, 0.4) is 0 Å². The first-order valence-electron chi connectivity index (χ1n) is 7.64. The third-order valence-electron chi connectivity index (χ3n) is 3.86. The van der Waals surface area contributed by atoms with Crippen molar-refractivity contribution in [2.24, 2.45) is 0 Å². The summed E-state index contributed by atoms with van der Waals surface area (Å²) < 4.78 is 26.1. The van der Waals surface area contributed by atoms with Gasteiger partial charge in [-0.3, -0.25) is 0 Å². The van der Waals surface area contributed by atoms with E-state index in [9.17, 15) is 4.39 Å². The van der Waals surface area contributed by atoms with Crippen molar-refractivity contribution in [3.63, 3.8) is 0 Å². The summed E-state index contributed by atoms with van der Waals surface area (Å²) in [6, 6.07) is 11.0. The molecule has 1 N–H and O–H groups in total. The van der Waals surface area contributed by atoms with Gasteiger partial charge >= 0.3 is 0 Å². The molecule has 0 heterocycles. The summed E-state index contributed by atoms with van der Waals surface area (Å²) >= 11 is 3.57. The molecule has 1 fully saturated rings. The molecule has 0 unspecified atom stereocenters. The Morgan fingerprint density at radius 1 is 1.22 bits per heavy atom. The second kappa shape index (κ2) is 7.32. The van der Waals surface area contributed by atoms with Crippen LogP contribution in [0, 0.1) is 5.82 Å².